The molecule has 7 rings (SSSR count). The highest BCUT2D eigenvalue weighted by Gasteiger charge is 2.28. The third-order valence-electron chi connectivity index (χ3n) is 8.55. The average molecular weight is 717 g/mol. The lowest BCUT2D eigenvalue weighted by atomic mass is 9.92. The number of aliphatic hydroxyl groups excluding tert-OH is 1. The average Bonchev–Trinajstić information content (AvgIpc) is 3.84. The number of aromatic nitrogens is 2. The second-order valence-corrected chi connectivity index (χ2v) is 13.3. The molecular weight excluding hydrogens is 681 g/mol. The van der Waals surface area contributed by atoms with Gasteiger partial charge in [-0.1, -0.05) is 38.1 Å². The minimum atomic E-state index is -1.35. The zero-order valence-electron chi connectivity index (χ0n) is 28.7. The predicted molar refractivity (Wildman–Crippen MR) is 201 cm³/mol. The van der Waals surface area contributed by atoms with E-state index in [2.05, 4.69) is 20.6 Å². The van der Waals surface area contributed by atoms with Crippen LogP contribution in [0.1, 0.15) is 56.3 Å². The summed E-state index contributed by atoms with van der Waals surface area (Å²) in [6, 6.07) is 21.6. The maximum Gasteiger partial charge on any atom is 0.355 e. The van der Waals surface area contributed by atoms with Gasteiger partial charge in [-0.3, -0.25) is 9.59 Å². The zero-order chi connectivity index (χ0) is 36.9. The fourth-order valence-corrected chi connectivity index (χ4v) is 7.10. The number of nitrogens with zero attached hydrogens (tertiary/aromatic N) is 1. The van der Waals surface area contributed by atoms with Crippen LogP contribution in [0.3, 0.4) is 0 Å². The number of aliphatic hydroxyl groups is 1. The molecule has 0 saturated heterocycles. The van der Waals surface area contributed by atoms with E-state index in [1.165, 1.54) is 23.5 Å². The van der Waals surface area contributed by atoms with Crippen LogP contribution >= 0.6 is 11.3 Å². The molecule has 0 aliphatic carbocycles. The lowest BCUT2D eigenvalue weighted by molar-refractivity contribution is -0.107. The number of anilines is 1. The van der Waals surface area contributed by atoms with Gasteiger partial charge in [0, 0.05) is 81.1 Å². The molecule has 11 nitrogen and oxygen atoms in total. The second kappa shape index (κ2) is 15.4. The van der Waals surface area contributed by atoms with Crippen molar-refractivity contribution in [2.75, 3.05) is 19.0 Å². The van der Waals surface area contributed by atoms with Crippen LogP contribution in [0.15, 0.2) is 84.4 Å². The molecule has 12 heteroatoms. The maximum atomic E-state index is 14.5. The number of rotatable bonds is 10. The van der Waals surface area contributed by atoms with Crippen molar-refractivity contribution in [2.24, 2.45) is 5.92 Å². The van der Waals surface area contributed by atoms with Gasteiger partial charge in [0.25, 0.3) is 11.8 Å². The third-order valence-corrected chi connectivity index (χ3v) is 9.54. The summed E-state index contributed by atoms with van der Waals surface area (Å²) in [5.41, 5.74) is 5.74. The van der Waals surface area contributed by atoms with Crippen molar-refractivity contribution in [1.29, 1.82) is 0 Å². The first-order valence-electron chi connectivity index (χ1n) is 16.5. The number of hydrogen-bond donors (Lipinski definition) is 5. The molecule has 0 radical (unpaired) electrons. The molecule has 1 aliphatic heterocycles. The highest BCUT2D eigenvalue weighted by Crippen LogP contribution is 2.45. The molecule has 52 heavy (non-hydrogen) atoms. The molecule has 0 atom stereocenters. The van der Waals surface area contributed by atoms with Gasteiger partial charge in [0.15, 0.2) is 5.69 Å². The SMILES string of the molecule is CC(C)CNC(=O)c1ccc(-c2cc3c(cc2C(=O)Nc2ccc4[nH]ccc4c2-c2cccc(CC=O)c2)-c2sccc2CO3)c(C(=O)O)n1.CO. The molecule has 0 unspecified atom stereocenters. The molecule has 3 aromatic carbocycles. The van der Waals surface area contributed by atoms with Crippen molar-refractivity contribution in [2.45, 2.75) is 26.9 Å². The Morgan fingerprint density at radius 2 is 1.81 bits per heavy atom. The molecule has 0 spiro atoms. The quantitative estimate of drug-likeness (QED) is 0.0927. The highest BCUT2D eigenvalue weighted by atomic mass is 32.1. The van der Waals surface area contributed by atoms with Crippen molar-refractivity contribution in [1.82, 2.24) is 15.3 Å². The van der Waals surface area contributed by atoms with Crippen LogP contribution in [0.25, 0.3) is 43.6 Å². The van der Waals surface area contributed by atoms with Gasteiger partial charge in [0.1, 0.15) is 24.3 Å². The van der Waals surface area contributed by atoms with Crippen LogP contribution in [-0.4, -0.2) is 57.9 Å². The van der Waals surface area contributed by atoms with E-state index >= 15 is 0 Å². The zero-order valence-corrected chi connectivity index (χ0v) is 29.5. The third kappa shape index (κ3) is 7.07. The van der Waals surface area contributed by atoms with Gasteiger partial charge in [0.2, 0.25) is 0 Å². The first-order chi connectivity index (χ1) is 25.2. The molecule has 1 aliphatic rings. The number of hydrogen-bond acceptors (Lipinski definition) is 8. The van der Waals surface area contributed by atoms with E-state index < -0.39 is 17.8 Å². The lowest BCUT2D eigenvalue weighted by Gasteiger charge is -2.22. The number of amides is 2. The molecule has 6 aromatic rings. The van der Waals surface area contributed by atoms with E-state index in [-0.39, 0.29) is 40.4 Å². The van der Waals surface area contributed by atoms with Crippen molar-refractivity contribution < 1.29 is 34.1 Å². The Hall–Kier alpha value is -6.11. The number of pyridine rings is 1. The monoisotopic (exact) mass is 716 g/mol. The minimum Gasteiger partial charge on any atom is -0.488 e. The van der Waals surface area contributed by atoms with E-state index in [1.54, 1.807) is 12.1 Å². The first kappa shape index (κ1) is 35.7. The second-order valence-electron chi connectivity index (χ2n) is 12.4. The van der Waals surface area contributed by atoms with Crippen molar-refractivity contribution in [3.63, 3.8) is 0 Å². The number of carboxylic acids is 1. The van der Waals surface area contributed by atoms with E-state index in [0.29, 0.717) is 30.2 Å². The Kier molecular flexibility index (Phi) is 10.6. The van der Waals surface area contributed by atoms with Crippen LogP contribution in [0, 0.1) is 5.92 Å². The number of ether oxygens (including phenoxy) is 1. The van der Waals surface area contributed by atoms with Crippen molar-refractivity contribution in [3.05, 3.63) is 112 Å². The van der Waals surface area contributed by atoms with Gasteiger partial charge < -0.3 is 35.4 Å². The first-order valence-corrected chi connectivity index (χ1v) is 17.4. The summed E-state index contributed by atoms with van der Waals surface area (Å²) < 4.78 is 6.10. The maximum absolute atomic E-state index is 14.5. The molecule has 5 N–H and O–H groups in total. The summed E-state index contributed by atoms with van der Waals surface area (Å²) in [6.07, 6.45) is 2.92. The van der Waals surface area contributed by atoms with Crippen LogP contribution in [0.2, 0.25) is 0 Å². The Morgan fingerprint density at radius 3 is 2.58 bits per heavy atom. The van der Waals surface area contributed by atoms with E-state index in [9.17, 15) is 24.3 Å². The van der Waals surface area contributed by atoms with E-state index in [1.807, 2.05) is 74.0 Å². The minimum absolute atomic E-state index is 0.0449. The molecule has 4 heterocycles. The molecule has 2 amide bonds. The fourth-order valence-electron chi connectivity index (χ4n) is 6.17. The van der Waals surface area contributed by atoms with Gasteiger partial charge in [0.05, 0.1) is 0 Å². The van der Waals surface area contributed by atoms with E-state index in [0.717, 1.165) is 51.4 Å². The predicted octanol–water partition coefficient (Wildman–Crippen LogP) is 7.20. The van der Waals surface area contributed by atoms with Gasteiger partial charge in [-0.05, 0) is 71.0 Å². The Bertz CT molecular complexity index is 2320. The normalized spacial score (nSPS) is 11.5. The molecule has 264 valence electrons. The Labute approximate surface area is 303 Å². The number of carbonyl (C=O) groups excluding carboxylic acids is 3. The number of aromatic amines is 1. The molecule has 0 saturated carbocycles. The smallest absolute Gasteiger partial charge is 0.355 e. The number of thiophene rings is 1. The van der Waals surface area contributed by atoms with Crippen LogP contribution in [0.5, 0.6) is 5.75 Å². The van der Waals surface area contributed by atoms with Gasteiger partial charge in [-0.25, -0.2) is 9.78 Å². The summed E-state index contributed by atoms with van der Waals surface area (Å²) in [7, 11) is 1.00. The summed E-state index contributed by atoms with van der Waals surface area (Å²) >= 11 is 1.53. The standard InChI is InChI=1S/C39H32N4O6S.CH4O/c1-21(2)19-41-38(46)32-7-6-25(35(42-32)39(47)48)27-18-33-29(36-24(20-49-33)12-15-50-36)17-28(27)37(45)43-31-9-8-30-26(10-13-40-30)34(31)23-5-3-4-22(16-23)11-14-44;1-2/h3-10,12-18,21,40H,11,19-20H2,1-2H3,(H,41,46)(H,43,45)(H,47,48);2H,1H3. The van der Waals surface area contributed by atoms with Crippen LogP contribution in [0.4, 0.5) is 5.69 Å². The Morgan fingerprint density at radius 1 is 0.981 bits per heavy atom. The van der Waals surface area contributed by atoms with Crippen LogP contribution in [-0.2, 0) is 17.8 Å². The lowest BCUT2D eigenvalue weighted by Crippen LogP contribution is -2.28. The summed E-state index contributed by atoms with van der Waals surface area (Å²) in [5.74, 6) is -1.63. The number of H-pyrrole nitrogens is 1. The fraction of sp³-hybridized carbons (Fsp3) is 0.175. The van der Waals surface area contributed by atoms with Crippen LogP contribution < -0.4 is 15.4 Å². The molecule has 0 bridgehead atoms. The Balaban J connectivity index is 0.00000228. The molecule has 0 fully saturated rings. The van der Waals surface area contributed by atoms with Crippen molar-refractivity contribution >= 4 is 52.0 Å². The number of nitrogens with one attached hydrogen (secondary N) is 3. The molecular formula is C40H36N4O7S. The number of aromatic carboxylic acids is 1. The van der Waals surface area contributed by atoms with Gasteiger partial charge >= 0.3 is 5.97 Å². The van der Waals surface area contributed by atoms with Gasteiger partial charge in [-0.15, -0.1) is 11.3 Å². The summed E-state index contributed by atoms with van der Waals surface area (Å²) in [4.78, 5) is 59.8. The topological polar surface area (TPSA) is 171 Å². The number of fused-ring (bicyclic) bond motifs is 4. The van der Waals surface area contributed by atoms with Gasteiger partial charge in [-0.2, -0.15) is 0 Å². The highest BCUT2D eigenvalue weighted by molar-refractivity contribution is 7.13. The van der Waals surface area contributed by atoms with E-state index in [4.69, 9.17) is 9.84 Å². The van der Waals surface area contributed by atoms with Crippen molar-refractivity contribution in [3.8, 4) is 38.4 Å². The summed E-state index contributed by atoms with van der Waals surface area (Å²) in [5, 5.41) is 26.0. The number of aldehydes is 1. The number of carbonyl (C=O) groups is 4. The number of carboxylic acid groups (broad SMARTS) is 1. The number of benzene rings is 3. The summed E-state index contributed by atoms with van der Waals surface area (Å²) in [6.45, 7) is 4.64. The molecule has 3 aromatic heterocycles. The largest absolute Gasteiger partial charge is 0.488 e.